The van der Waals surface area contributed by atoms with Gasteiger partial charge < -0.3 is 15.2 Å². The van der Waals surface area contributed by atoms with Crippen molar-refractivity contribution in [2.45, 2.75) is 13.3 Å². The summed E-state index contributed by atoms with van der Waals surface area (Å²) in [6.45, 7) is 2.02. The third-order valence-electron chi connectivity index (χ3n) is 3.40. The van der Waals surface area contributed by atoms with E-state index in [0.29, 0.717) is 0 Å². The molecule has 0 atom stereocenters. The highest BCUT2D eigenvalue weighted by Crippen LogP contribution is 2.43. The lowest BCUT2D eigenvalue weighted by atomic mass is 9.95. The highest BCUT2D eigenvalue weighted by molar-refractivity contribution is 5.80. The molecule has 0 unspecified atom stereocenters. The van der Waals surface area contributed by atoms with E-state index >= 15 is 0 Å². The highest BCUT2D eigenvalue weighted by Gasteiger charge is 2.21. The number of anilines is 2. The highest BCUT2D eigenvalue weighted by atomic mass is 16.5. The van der Waals surface area contributed by atoms with Crippen LogP contribution in [0.25, 0.3) is 0 Å². The molecule has 0 saturated heterocycles. The van der Waals surface area contributed by atoms with E-state index in [1.54, 1.807) is 13.2 Å². The normalized spacial score (nSPS) is 12.3. The monoisotopic (exact) mass is 241 g/mol. The maximum Gasteiger partial charge on any atom is 0.145 e. The molecule has 0 fully saturated rings. The number of nitrogens with one attached hydrogen (secondary N) is 1. The van der Waals surface area contributed by atoms with Gasteiger partial charge in [-0.25, -0.2) is 0 Å². The van der Waals surface area contributed by atoms with Gasteiger partial charge in [0.05, 0.1) is 18.5 Å². The van der Waals surface area contributed by atoms with Crippen LogP contribution in [0.4, 0.5) is 11.4 Å². The van der Waals surface area contributed by atoms with Crippen LogP contribution in [0, 0.1) is 6.92 Å². The minimum atomic E-state index is 0.279. The summed E-state index contributed by atoms with van der Waals surface area (Å²) in [5, 5.41) is 13.2. The molecular weight excluding hydrogens is 226 g/mol. The summed E-state index contributed by atoms with van der Waals surface area (Å²) in [7, 11) is 1.67. The zero-order valence-electron chi connectivity index (χ0n) is 10.4. The van der Waals surface area contributed by atoms with E-state index in [1.165, 1.54) is 5.56 Å². The van der Waals surface area contributed by atoms with Gasteiger partial charge in [-0.3, -0.25) is 0 Å². The van der Waals surface area contributed by atoms with Crippen LogP contribution in [0.2, 0.25) is 0 Å². The summed E-state index contributed by atoms with van der Waals surface area (Å²) in [5.74, 6) is 1.13. The number of fused-ring (bicyclic) bond motifs is 2. The first kappa shape index (κ1) is 11.0. The smallest absolute Gasteiger partial charge is 0.145 e. The van der Waals surface area contributed by atoms with Crippen molar-refractivity contribution < 1.29 is 9.84 Å². The molecular formula is C15H15NO2. The summed E-state index contributed by atoms with van der Waals surface area (Å²) in [4.78, 5) is 0. The molecule has 0 amide bonds. The summed E-state index contributed by atoms with van der Waals surface area (Å²) in [6.07, 6.45) is 0.808. The summed E-state index contributed by atoms with van der Waals surface area (Å²) >= 11 is 0. The second-order valence-electron chi connectivity index (χ2n) is 4.56. The van der Waals surface area contributed by atoms with Crippen LogP contribution >= 0.6 is 0 Å². The minimum absolute atomic E-state index is 0.279. The Hall–Kier alpha value is -2.16. The van der Waals surface area contributed by atoms with E-state index in [9.17, 15) is 5.11 Å². The van der Waals surface area contributed by atoms with E-state index in [-0.39, 0.29) is 5.75 Å². The predicted molar refractivity (Wildman–Crippen MR) is 71.9 cm³/mol. The number of benzene rings is 2. The molecule has 0 radical (unpaired) electrons. The standard InChI is InChI=1S/C15H15NO2/c1-9-6-7-11-8-10-4-3-5-12(17)13(10)16-14(11)15(9)18-2/h3-7,16-17H,8H2,1-2H3. The maximum absolute atomic E-state index is 9.91. The molecule has 1 heterocycles. The molecule has 3 nitrogen and oxygen atoms in total. The Kier molecular flexibility index (Phi) is 2.40. The van der Waals surface area contributed by atoms with Gasteiger partial charge >= 0.3 is 0 Å². The zero-order chi connectivity index (χ0) is 12.7. The van der Waals surface area contributed by atoms with E-state index in [4.69, 9.17) is 4.74 Å². The number of rotatable bonds is 1. The van der Waals surface area contributed by atoms with Gasteiger partial charge in [-0.2, -0.15) is 0 Å². The fourth-order valence-corrected chi connectivity index (χ4v) is 2.48. The Balaban J connectivity index is 2.17. The number of hydrogen-bond acceptors (Lipinski definition) is 3. The largest absolute Gasteiger partial charge is 0.506 e. The quantitative estimate of drug-likeness (QED) is 0.642. The third kappa shape index (κ3) is 1.51. The molecule has 2 aromatic carbocycles. The van der Waals surface area contributed by atoms with Crippen LogP contribution in [0.3, 0.4) is 0 Å². The lowest BCUT2D eigenvalue weighted by Gasteiger charge is -2.24. The van der Waals surface area contributed by atoms with Gasteiger partial charge in [0, 0.05) is 6.42 Å². The van der Waals surface area contributed by atoms with Gasteiger partial charge in [0.2, 0.25) is 0 Å². The van der Waals surface area contributed by atoms with E-state index in [1.807, 2.05) is 19.1 Å². The zero-order valence-corrected chi connectivity index (χ0v) is 10.4. The molecule has 2 N–H and O–H groups in total. The number of phenolic OH excluding ortho intramolecular Hbond substituents is 1. The fourth-order valence-electron chi connectivity index (χ4n) is 2.48. The molecule has 92 valence electrons. The number of hydrogen-bond donors (Lipinski definition) is 2. The molecule has 0 spiro atoms. The predicted octanol–water partition coefficient (Wildman–Crippen LogP) is 3.36. The number of aryl methyl sites for hydroxylation is 1. The summed E-state index contributed by atoms with van der Waals surface area (Å²) in [5.41, 5.74) is 5.13. The fraction of sp³-hybridized carbons (Fsp3) is 0.200. The number of phenols is 1. The van der Waals surface area contributed by atoms with Gasteiger partial charge in [0.1, 0.15) is 11.5 Å². The van der Waals surface area contributed by atoms with Crippen LogP contribution < -0.4 is 10.1 Å². The van der Waals surface area contributed by atoms with Crippen molar-refractivity contribution in [3.05, 3.63) is 47.0 Å². The number of ether oxygens (including phenoxy) is 1. The minimum Gasteiger partial charge on any atom is -0.506 e. The number of aromatic hydroxyl groups is 1. The van der Waals surface area contributed by atoms with Crippen LogP contribution in [-0.2, 0) is 6.42 Å². The molecule has 18 heavy (non-hydrogen) atoms. The van der Waals surface area contributed by atoms with Gasteiger partial charge in [0.25, 0.3) is 0 Å². The summed E-state index contributed by atoms with van der Waals surface area (Å²) < 4.78 is 5.45. The maximum atomic E-state index is 9.91. The SMILES string of the molecule is COc1c(C)ccc2c1Nc1c(O)cccc1C2. The Morgan fingerprint density at radius 2 is 1.89 bits per heavy atom. The van der Waals surface area contributed by atoms with Gasteiger partial charge in [-0.1, -0.05) is 24.3 Å². The first-order valence-corrected chi connectivity index (χ1v) is 5.95. The van der Waals surface area contributed by atoms with Crippen molar-refractivity contribution in [3.63, 3.8) is 0 Å². The summed E-state index contributed by atoms with van der Waals surface area (Å²) in [6, 6.07) is 9.75. The second-order valence-corrected chi connectivity index (χ2v) is 4.56. The van der Waals surface area contributed by atoms with Crippen LogP contribution in [0.1, 0.15) is 16.7 Å². The van der Waals surface area contributed by atoms with Crippen molar-refractivity contribution in [1.29, 1.82) is 0 Å². The van der Waals surface area contributed by atoms with Crippen LogP contribution in [-0.4, -0.2) is 12.2 Å². The van der Waals surface area contributed by atoms with Crippen molar-refractivity contribution in [1.82, 2.24) is 0 Å². The molecule has 2 aromatic rings. The van der Waals surface area contributed by atoms with Gasteiger partial charge in [-0.05, 0) is 29.7 Å². The lowest BCUT2D eigenvalue weighted by Crippen LogP contribution is -2.09. The second kappa shape index (κ2) is 3.95. The number of para-hydroxylation sites is 1. The van der Waals surface area contributed by atoms with E-state index in [0.717, 1.165) is 34.7 Å². The molecule has 1 aliphatic rings. The van der Waals surface area contributed by atoms with Crippen molar-refractivity contribution in [3.8, 4) is 11.5 Å². The van der Waals surface area contributed by atoms with Crippen LogP contribution in [0.5, 0.6) is 11.5 Å². The average molecular weight is 241 g/mol. The lowest BCUT2D eigenvalue weighted by molar-refractivity contribution is 0.413. The van der Waals surface area contributed by atoms with Gasteiger partial charge in [0.15, 0.2) is 0 Å². The van der Waals surface area contributed by atoms with E-state index < -0.39 is 0 Å². The first-order valence-electron chi connectivity index (χ1n) is 5.95. The Labute approximate surface area is 106 Å². The average Bonchev–Trinajstić information content (AvgIpc) is 2.38. The Morgan fingerprint density at radius 3 is 2.67 bits per heavy atom. The topological polar surface area (TPSA) is 41.5 Å². The van der Waals surface area contributed by atoms with E-state index in [2.05, 4.69) is 17.4 Å². The van der Waals surface area contributed by atoms with Crippen molar-refractivity contribution in [2.75, 3.05) is 12.4 Å². The first-order chi connectivity index (χ1) is 8.70. The van der Waals surface area contributed by atoms with Crippen LogP contribution in [0.15, 0.2) is 30.3 Å². The van der Waals surface area contributed by atoms with Gasteiger partial charge in [-0.15, -0.1) is 0 Å². The molecule has 0 aromatic heterocycles. The number of methoxy groups -OCH3 is 1. The Bertz CT molecular complexity index is 620. The molecule has 1 aliphatic heterocycles. The molecule has 0 aliphatic carbocycles. The van der Waals surface area contributed by atoms with Crippen molar-refractivity contribution in [2.24, 2.45) is 0 Å². The molecule has 3 heteroatoms. The third-order valence-corrected chi connectivity index (χ3v) is 3.40. The molecule has 0 bridgehead atoms. The Morgan fingerprint density at radius 1 is 1.11 bits per heavy atom. The molecule has 0 saturated carbocycles. The molecule has 3 rings (SSSR count). The van der Waals surface area contributed by atoms with Crippen molar-refractivity contribution >= 4 is 11.4 Å².